The molecule has 8 heteroatoms. The Morgan fingerprint density at radius 2 is 1.59 bits per heavy atom. The average molecular weight is 231 g/mol. The predicted octanol–water partition coefficient (Wildman–Crippen LogP) is 0.345. The van der Waals surface area contributed by atoms with Crippen LogP contribution in [0.4, 0.5) is 11.9 Å². The molecule has 2 aromatic rings. The van der Waals surface area contributed by atoms with Crippen LogP contribution in [0.15, 0.2) is 41.9 Å². The van der Waals surface area contributed by atoms with Crippen molar-refractivity contribution in [1.82, 2.24) is 25.4 Å². The molecule has 17 heavy (non-hydrogen) atoms. The van der Waals surface area contributed by atoms with Gasteiger partial charge < -0.3 is 0 Å². The first kappa shape index (κ1) is 10.9. The van der Waals surface area contributed by atoms with Crippen molar-refractivity contribution in [2.24, 2.45) is 4.99 Å². The lowest BCUT2D eigenvalue weighted by atomic mass is 10.7. The van der Waals surface area contributed by atoms with Gasteiger partial charge in [0.05, 0.1) is 0 Å². The summed E-state index contributed by atoms with van der Waals surface area (Å²) in [6, 6.07) is 3.34. The van der Waals surface area contributed by atoms with E-state index in [1.54, 1.807) is 36.9 Å². The molecule has 0 saturated carbocycles. The molecule has 2 heterocycles. The van der Waals surface area contributed by atoms with Gasteiger partial charge in [-0.05, 0) is 12.1 Å². The van der Waals surface area contributed by atoms with Crippen LogP contribution in [0.2, 0.25) is 0 Å². The Morgan fingerprint density at radius 3 is 2.18 bits per heavy atom. The van der Waals surface area contributed by atoms with Crippen LogP contribution in [-0.4, -0.2) is 31.1 Å². The van der Waals surface area contributed by atoms with E-state index in [9.17, 15) is 0 Å². The highest BCUT2D eigenvalue weighted by atomic mass is 16.5. The minimum atomic E-state index is 0.0300. The molecule has 0 saturated heterocycles. The predicted molar refractivity (Wildman–Crippen MR) is 59.7 cm³/mol. The quantitative estimate of drug-likeness (QED) is 0.388. The smallest absolute Gasteiger partial charge is 0.252 e. The van der Waals surface area contributed by atoms with Crippen molar-refractivity contribution >= 4 is 17.9 Å². The third kappa shape index (κ3) is 3.18. The third-order valence-corrected chi connectivity index (χ3v) is 1.67. The first-order chi connectivity index (χ1) is 8.38. The van der Waals surface area contributed by atoms with Crippen LogP contribution in [0.1, 0.15) is 0 Å². The van der Waals surface area contributed by atoms with Crippen LogP contribution in [-0.2, 0) is 0 Å². The molecule has 2 rings (SSSR count). The second-order valence-corrected chi connectivity index (χ2v) is 2.82. The maximum absolute atomic E-state index is 8.89. The maximum atomic E-state index is 8.89. The van der Waals surface area contributed by atoms with E-state index >= 15 is 0 Å². The second kappa shape index (κ2) is 5.47. The van der Waals surface area contributed by atoms with Gasteiger partial charge in [0.1, 0.15) is 0 Å². The zero-order chi connectivity index (χ0) is 11.9. The Bertz CT molecular complexity index is 487. The fourth-order valence-electron chi connectivity index (χ4n) is 0.999. The second-order valence-electron chi connectivity index (χ2n) is 2.82. The van der Waals surface area contributed by atoms with Crippen LogP contribution in [0.5, 0.6) is 0 Å². The summed E-state index contributed by atoms with van der Waals surface area (Å²) >= 11 is 0. The summed E-state index contributed by atoms with van der Waals surface area (Å²) in [7, 11) is 0. The maximum Gasteiger partial charge on any atom is 0.252 e. The zero-order valence-corrected chi connectivity index (χ0v) is 8.65. The van der Waals surface area contributed by atoms with Gasteiger partial charge in [-0.25, -0.2) is 25.4 Å². The van der Waals surface area contributed by atoms with E-state index in [2.05, 4.69) is 30.2 Å². The van der Waals surface area contributed by atoms with Crippen LogP contribution < -0.4 is 10.8 Å². The summed E-state index contributed by atoms with van der Waals surface area (Å²) in [5.74, 6) is 0.526. The van der Waals surface area contributed by atoms with E-state index in [-0.39, 0.29) is 11.9 Å². The largest absolute Gasteiger partial charge is 0.293 e. The molecule has 0 spiro atoms. The Balaban J connectivity index is 2.15. The van der Waals surface area contributed by atoms with E-state index < -0.39 is 0 Å². The highest BCUT2D eigenvalue weighted by Crippen LogP contribution is 2.01. The lowest BCUT2D eigenvalue weighted by Crippen LogP contribution is -2.28. The van der Waals surface area contributed by atoms with Gasteiger partial charge in [0, 0.05) is 24.8 Å². The Labute approximate surface area is 96.5 Å². The van der Waals surface area contributed by atoms with Gasteiger partial charge in [0.15, 0.2) is 0 Å². The summed E-state index contributed by atoms with van der Waals surface area (Å²) in [5, 5.41) is 11.6. The normalized spacial score (nSPS) is 11.0. The highest BCUT2D eigenvalue weighted by molar-refractivity contribution is 5.92. The molecule has 0 aromatic carbocycles. The van der Waals surface area contributed by atoms with E-state index in [0.29, 0.717) is 5.95 Å². The molecule has 0 atom stereocenters. The minimum Gasteiger partial charge on any atom is -0.293 e. The molecule has 0 unspecified atom stereocenters. The average Bonchev–Trinajstić information content (AvgIpc) is 2.40. The fourth-order valence-corrected chi connectivity index (χ4v) is 0.999. The molecular formula is C9H9N7O. The number of hydrogen-bond donors (Lipinski definition) is 3. The molecule has 0 radical (unpaired) electrons. The van der Waals surface area contributed by atoms with E-state index in [0.717, 1.165) is 0 Å². The van der Waals surface area contributed by atoms with Crippen molar-refractivity contribution in [2.45, 2.75) is 0 Å². The summed E-state index contributed by atoms with van der Waals surface area (Å²) < 4.78 is 0. The molecule has 0 aliphatic rings. The number of aliphatic imine (C=N–C) groups is 1. The molecule has 0 aliphatic heterocycles. The Morgan fingerprint density at radius 1 is 1.00 bits per heavy atom. The summed E-state index contributed by atoms with van der Waals surface area (Å²) in [4.78, 5) is 19.5. The van der Waals surface area contributed by atoms with Crippen molar-refractivity contribution in [2.75, 3.05) is 5.32 Å². The van der Waals surface area contributed by atoms with Gasteiger partial charge in [-0.15, -0.1) is 0 Å². The van der Waals surface area contributed by atoms with Crippen LogP contribution >= 0.6 is 0 Å². The SMILES string of the molecule is ONC(=Nc1ncccn1)Nc1ncccn1. The van der Waals surface area contributed by atoms with Gasteiger partial charge in [0.25, 0.3) is 5.95 Å². The third-order valence-electron chi connectivity index (χ3n) is 1.67. The highest BCUT2D eigenvalue weighted by Gasteiger charge is 2.01. The molecule has 3 N–H and O–H groups in total. The van der Waals surface area contributed by atoms with Crippen LogP contribution in [0, 0.1) is 0 Å². The van der Waals surface area contributed by atoms with Crippen LogP contribution in [0.3, 0.4) is 0 Å². The standard InChI is InChI=1S/C9H9N7O/c17-16-9(14-7-10-3-1-4-11-7)15-8-12-5-2-6-13-8/h1-6,17H,(H2,10,11,12,13,14,15,16). The molecular weight excluding hydrogens is 222 g/mol. The van der Waals surface area contributed by atoms with E-state index in [1.807, 2.05) is 5.48 Å². The Kier molecular flexibility index (Phi) is 3.50. The molecule has 0 fully saturated rings. The van der Waals surface area contributed by atoms with Gasteiger partial charge in [0.2, 0.25) is 11.9 Å². The molecule has 86 valence electrons. The number of anilines is 1. The number of guanidine groups is 1. The van der Waals surface area contributed by atoms with Crippen molar-refractivity contribution in [3.63, 3.8) is 0 Å². The number of nitrogens with zero attached hydrogens (tertiary/aromatic N) is 5. The summed E-state index contributed by atoms with van der Waals surface area (Å²) in [6.07, 6.45) is 6.20. The van der Waals surface area contributed by atoms with Gasteiger partial charge in [-0.1, -0.05) is 0 Å². The summed E-state index contributed by atoms with van der Waals surface area (Å²) in [5.41, 5.74) is 1.88. The number of aromatic nitrogens is 4. The number of nitrogens with one attached hydrogen (secondary N) is 2. The van der Waals surface area contributed by atoms with E-state index in [1.165, 1.54) is 0 Å². The summed E-state index contributed by atoms with van der Waals surface area (Å²) in [6.45, 7) is 0. The molecule has 0 bridgehead atoms. The van der Waals surface area contributed by atoms with Gasteiger partial charge in [-0.3, -0.25) is 10.5 Å². The zero-order valence-electron chi connectivity index (χ0n) is 8.65. The fraction of sp³-hybridized carbons (Fsp3) is 0. The molecule has 2 aromatic heterocycles. The van der Waals surface area contributed by atoms with Crippen LogP contribution in [0.25, 0.3) is 0 Å². The topological polar surface area (TPSA) is 108 Å². The lowest BCUT2D eigenvalue weighted by Gasteiger charge is -2.05. The first-order valence-electron chi connectivity index (χ1n) is 4.68. The number of hydrogen-bond acceptors (Lipinski definition) is 6. The van der Waals surface area contributed by atoms with Crippen molar-refractivity contribution in [3.05, 3.63) is 36.9 Å². The van der Waals surface area contributed by atoms with Crippen molar-refractivity contribution in [3.8, 4) is 0 Å². The van der Waals surface area contributed by atoms with Crippen molar-refractivity contribution < 1.29 is 5.21 Å². The first-order valence-corrected chi connectivity index (χ1v) is 4.68. The lowest BCUT2D eigenvalue weighted by molar-refractivity contribution is 0.234. The number of rotatable bonds is 2. The van der Waals surface area contributed by atoms with Gasteiger partial charge in [-0.2, -0.15) is 4.99 Å². The van der Waals surface area contributed by atoms with Crippen molar-refractivity contribution in [1.29, 1.82) is 0 Å². The molecule has 0 aliphatic carbocycles. The minimum absolute atomic E-state index is 0.0300. The molecule has 0 amide bonds. The van der Waals surface area contributed by atoms with E-state index in [4.69, 9.17) is 5.21 Å². The Hall–Kier alpha value is -2.61. The molecule has 8 nitrogen and oxygen atoms in total. The van der Waals surface area contributed by atoms with Gasteiger partial charge >= 0.3 is 0 Å². The number of hydroxylamine groups is 1. The monoisotopic (exact) mass is 231 g/mol.